The van der Waals surface area contributed by atoms with Crippen molar-refractivity contribution in [1.29, 1.82) is 0 Å². The lowest BCUT2D eigenvalue weighted by atomic mass is 10.2. The first kappa shape index (κ1) is 14.0. The Labute approximate surface area is 113 Å². The van der Waals surface area contributed by atoms with E-state index < -0.39 is 0 Å². The SMILES string of the molecule is Cl.NCC(NC(=O)c1ccc(Br)s1)C1CC1. The molecule has 0 spiro atoms. The van der Waals surface area contributed by atoms with E-state index in [9.17, 15) is 4.79 Å². The van der Waals surface area contributed by atoms with Crippen molar-refractivity contribution >= 4 is 45.6 Å². The average molecular weight is 326 g/mol. The fourth-order valence-electron chi connectivity index (χ4n) is 1.54. The molecule has 2 rings (SSSR count). The Morgan fingerprint density at radius 2 is 2.31 bits per heavy atom. The minimum Gasteiger partial charge on any atom is -0.347 e. The third-order valence-corrected chi connectivity index (χ3v) is 4.18. The lowest BCUT2D eigenvalue weighted by Gasteiger charge is -2.14. The molecule has 1 unspecified atom stereocenters. The Bertz CT molecular complexity index is 367. The van der Waals surface area contributed by atoms with E-state index in [-0.39, 0.29) is 24.4 Å². The number of rotatable bonds is 4. The van der Waals surface area contributed by atoms with E-state index in [0.29, 0.717) is 12.5 Å². The highest BCUT2D eigenvalue weighted by molar-refractivity contribution is 9.11. The lowest BCUT2D eigenvalue weighted by Crippen LogP contribution is -2.41. The smallest absolute Gasteiger partial charge is 0.261 e. The average Bonchev–Trinajstić information content (AvgIpc) is 2.97. The number of halogens is 2. The lowest BCUT2D eigenvalue weighted by molar-refractivity contribution is 0.0937. The number of hydrogen-bond acceptors (Lipinski definition) is 3. The van der Waals surface area contributed by atoms with Gasteiger partial charge in [-0.1, -0.05) is 0 Å². The number of carbonyl (C=O) groups excluding carboxylic acids is 1. The van der Waals surface area contributed by atoms with Gasteiger partial charge in [-0.25, -0.2) is 0 Å². The van der Waals surface area contributed by atoms with Crippen molar-refractivity contribution in [1.82, 2.24) is 5.32 Å². The second-order valence-corrected chi connectivity index (χ2v) is 6.22. The minimum atomic E-state index is -0.00644. The first-order valence-corrected chi connectivity index (χ1v) is 6.58. The van der Waals surface area contributed by atoms with Crippen LogP contribution >= 0.6 is 39.7 Å². The molecule has 3 nitrogen and oxygen atoms in total. The van der Waals surface area contributed by atoms with Crippen molar-refractivity contribution in [2.45, 2.75) is 18.9 Å². The van der Waals surface area contributed by atoms with Crippen molar-refractivity contribution < 1.29 is 4.79 Å². The molecule has 0 aromatic carbocycles. The monoisotopic (exact) mass is 324 g/mol. The first-order valence-electron chi connectivity index (χ1n) is 4.97. The summed E-state index contributed by atoms with van der Waals surface area (Å²) in [7, 11) is 0. The first-order chi connectivity index (χ1) is 7.20. The van der Waals surface area contributed by atoms with Gasteiger partial charge in [-0.3, -0.25) is 4.79 Å². The molecule has 1 aromatic heterocycles. The second kappa shape index (κ2) is 6.00. The molecular formula is C10H14BrClN2OS. The second-order valence-electron chi connectivity index (χ2n) is 3.76. The van der Waals surface area contributed by atoms with E-state index in [0.717, 1.165) is 8.66 Å². The Morgan fingerprint density at radius 3 is 2.75 bits per heavy atom. The van der Waals surface area contributed by atoms with Gasteiger partial charge in [0.05, 0.1) is 8.66 Å². The van der Waals surface area contributed by atoms with Gasteiger partial charge in [-0.2, -0.15) is 0 Å². The van der Waals surface area contributed by atoms with E-state index in [1.54, 1.807) is 0 Å². The Hall–Kier alpha value is -0.100. The molecule has 1 saturated carbocycles. The van der Waals surface area contributed by atoms with Crippen LogP contribution in [0.3, 0.4) is 0 Å². The van der Waals surface area contributed by atoms with E-state index in [2.05, 4.69) is 21.2 Å². The summed E-state index contributed by atoms with van der Waals surface area (Å²) in [5, 5.41) is 2.98. The molecule has 6 heteroatoms. The Kier molecular flexibility index (Phi) is 5.24. The van der Waals surface area contributed by atoms with Crippen LogP contribution in [-0.4, -0.2) is 18.5 Å². The molecule has 0 radical (unpaired) electrons. The highest BCUT2D eigenvalue weighted by Crippen LogP contribution is 2.32. The Morgan fingerprint density at radius 1 is 1.62 bits per heavy atom. The zero-order valence-corrected chi connectivity index (χ0v) is 11.8. The predicted octanol–water partition coefficient (Wildman–Crippen LogP) is 2.40. The number of thiophene rings is 1. The van der Waals surface area contributed by atoms with Crippen molar-refractivity contribution in [3.05, 3.63) is 20.8 Å². The van der Waals surface area contributed by atoms with Crippen molar-refractivity contribution in [2.75, 3.05) is 6.54 Å². The van der Waals surface area contributed by atoms with Crippen LogP contribution in [0.2, 0.25) is 0 Å². The van der Waals surface area contributed by atoms with Gasteiger partial charge in [0.2, 0.25) is 0 Å². The van der Waals surface area contributed by atoms with Crippen LogP contribution in [0.15, 0.2) is 15.9 Å². The number of nitrogens with two attached hydrogens (primary N) is 1. The highest BCUT2D eigenvalue weighted by atomic mass is 79.9. The van der Waals surface area contributed by atoms with Crippen molar-refractivity contribution in [2.24, 2.45) is 11.7 Å². The molecule has 1 amide bonds. The summed E-state index contributed by atoms with van der Waals surface area (Å²) in [4.78, 5) is 12.5. The molecular weight excluding hydrogens is 312 g/mol. The maximum atomic E-state index is 11.8. The van der Waals surface area contributed by atoms with Gasteiger partial charge in [0.1, 0.15) is 0 Å². The van der Waals surface area contributed by atoms with Gasteiger partial charge in [0.25, 0.3) is 5.91 Å². The number of nitrogens with one attached hydrogen (secondary N) is 1. The summed E-state index contributed by atoms with van der Waals surface area (Å²) in [5.41, 5.74) is 5.62. The van der Waals surface area contributed by atoms with E-state index in [1.807, 2.05) is 12.1 Å². The summed E-state index contributed by atoms with van der Waals surface area (Å²) in [6.07, 6.45) is 2.38. The zero-order valence-electron chi connectivity index (χ0n) is 8.61. The van der Waals surface area contributed by atoms with Crippen LogP contribution in [0.5, 0.6) is 0 Å². The summed E-state index contributed by atoms with van der Waals surface area (Å²) >= 11 is 4.78. The normalized spacial score (nSPS) is 16.4. The minimum absolute atomic E-state index is 0. The van der Waals surface area contributed by atoms with Gasteiger partial charge in [-0.15, -0.1) is 23.7 Å². The molecule has 1 aliphatic carbocycles. The molecule has 1 heterocycles. The molecule has 1 fully saturated rings. The maximum absolute atomic E-state index is 11.8. The van der Waals surface area contributed by atoms with Gasteiger partial charge < -0.3 is 11.1 Å². The number of carbonyl (C=O) groups is 1. The van der Waals surface area contributed by atoms with Gasteiger partial charge in [0.15, 0.2) is 0 Å². The van der Waals surface area contributed by atoms with Crippen LogP contribution in [-0.2, 0) is 0 Å². The zero-order chi connectivity index (χ0) is 10.8. The van der Waals surface area contributed by atoms with Crippen LogP contribution in [0.4, 0.5) is 0 Å². The molecule has 1 aliphatic rings. The summed E-state index contributed by atoms with van der Waals surface area (Å²) in [6.45, 7) is 0.531. The molecule has 0 bridgehead atoms. The van der Waals surface area contributed by atoms with Gasteiger partial charge >= 0.3 is 0 Å². The van der Waals surface area contributed by atoms with Crippen LogP contribution < -0.4 is 11.1 Å². The predicted molar refractivity (Wildman–Crippen MR) is 72.3 cm³/mol. The van der Waals surface area contributed by atoms with E-state index in [1.165, 1.54) is 24.2 Å². The molecule has 90 valence electrons. The maximum Gasteiger partial charge on any atom is 0.261 e. The fourth-order valence-corrected chi connectivity index (χ4v) is 2.83. The third-order valence-electron chi connectivity index (χ3n) is 2.56. The molecule has 1 aromatic rings. The van der Waals surface area contributed by atoms with Crippen molar-refractivity contribution in [3.8, 4) is 0 Å². The van der Waals surface area contributed by atoms with Crippen LogP contribution in [0.1, 0.15) is 22.5 Å². The fraction of sp³-hybridized carbons (Fsp3) is 0.500. The summed E-state index contributed by atoms with van der Waals surface area (Å²) < 4.78 is 0.975. The van der Waals surface area contributed by atoms with Gasteiger partial charge in [-0.05, 0) is 46.8 Å². The molecule has 1 atom stereocenters. The summed E-state index contributed by atoms with van der Waals surface area (Å²) in [6, 6.07) is 3.86. The van der Waals surface area contributed by atoms with Crippen LogP contribution in [0.25, 0.3) is 0 Å². The van der Waals surface area contributed by atoms with Gasteiger partial charge in [0, 0.05) is 12.6 Å². The van der Waals surface area contributed by atoms with E-state index in [4.69, 9.17) is 5.73 Å². The topological polar surface area (TPSA) is 55.1 Å². The molecule has 3 N–H and O–H groups in total. The number of amides is 1. The van der Waals surface area contributed by atoms with E-state index >= 15 is 0 Å². The van der Waals surface area contributed by atoms with Crippen molar-refractivity contribution in [3.63, 3.8) is 0 Å². The molecule has 0 saturated heterocycles. The van der Waals surface area contributed by atoms with Crippen LogP contribution in [0, 0.1) is 5.92 Å². The quantitative estimate of drug-likeness (QED) is 0.893. The molecule has 16 heavy (non-hydrogen) atoms. The largest absolute Gasteiger partial charge is 0.347 e. The highest BCUT2D eigenvalue weighted by Gasteiger charge is 2.31. The molecule has 0 aliphatic heterocycles. The summed E-state index contributed by atoms with van der Waals surface area (Å²) in [5.74, 6) is 0.593. The third kappa shape index (κ3) is 3.45. The Balaban J connectivity index is 0.00000128. The standard InChI is InChI=1S/C10H13BrN2OS.ClH/c11-9-4-3-8(15-9)10(14)13-7(5-12)6-1-2-6;/h3-4,6-7H,1-2,5,12H2,(H,13,14);1H. The number of hydrogen-bond donors (Lipinski definition) is 2.